The van der Waals surface area contributed by atoms with Crippen LogP contribution in [0.5, 0.6) is 5.75 Å². The van der Waals surface area contributed by atoms with Crippen LogP contribution in [0.15, 0.2) is 61.2 Å². The molecule has 0 bridgehead atoms. The van der Waals surface area contributed by atoms with Gasteiger partial charge in [0.25, 0.3) is 0 Å². The Hall–Kier alpha value is -1.45. The van der Waals surface area contributed by atoms with E-state index in [0.29, 0.717) is 5.75 Å². The van der Waals surface area contributed by atoms with Crippen molar-refractivity contribution in [3.8, 4) is 16.9 Å². The van der Waals surface area contributed by atoms with Gasteiger partial charge in [0.15, 0.2) is 5.75 Å². The van der Waals surface area contributed by atoms with Crippen LogP contribution in [-0.4, -0.2) is 15.8 Å². The summed E-state index contributed by atoms with van der Waals surface area (Å²) in [7, 11) is 0. The maximum Gasteiger partial charge on any atom is 0.165 e. The summed E-state index contributed by atoms with van der Waals surface area (Å²) in [5, 5.41) is 17.4. The van der Waals surface area contributed by atoms with Gasteiger partial charge in [0.2, 0.25) is 0 Å². The van der Waals surface area contributed by atoms with Gasteiger partial charge >= 0.3 is 0 Å². The van der Waals surface area contributed by atoms with Crippen LogP contribution in [0.4, 0.5) is 0 Å². The summed E-state index contributed by atoms with van der Waals surface area (Å²) in [6, 6.07) is 14.8. The Kier molecular flexibility index (Phi) is 12.8. The first-order valence-corrected chi connectivity index (χ1v) is 5.93. The van der Waals surface area contributed by atoms with Gasteiger partial charge in [-0.15, -0.1) is 6.58 Å². The van der Waals surface area contributed by atoms with Crippen molar-refractivity contribution >= 4 is 0 Å². The molecule has 114 valence electrons. The zero-order chi connectivity index (χ0) is 14.1. The Morgan fingerprint density at radius 3 is 1.71 bits per heavy atom. The summed E-state index contributed by atoms with van der Waals surface area (Å²) in [6.07, 6.45) is 1.75. The van der Waals surface area contributed by atoms with Crippen LogP contribution in [0.1, 0.15) is 12.5 Å². The molecule has 0 fully saturated rings. The second kappa shape index (κ2) is 12.3. The Morgan fingerprint density at radius 2 is 1.38 bits per heavy atom. The van der Waals surface area contributed by atoms with E-state index in [4.69, 9.17) is 10.4 Å². The second-order valence-corrected chi connectivity index (χ2v) is 3.88. The molecule has 0 saturated carbocycles. The van der Waals surface area contributed by atoms with Crippen molar-refractivity contribution in [3.63, 3.8) is 0 Å². The molecule has 0 spiro atoms. The minimum absolute atomic E-state index is 0. The predicted octanol–water partition coefficient (Wildman–Crippen LogP) is 3.06. The number of aliphatic hydroxyl groups excluding tert-OH is 1. The molecule has 2 aromatic rings. The van der Waals surface area contributed by atoms with E-state index in [1.165, 1.54) is 0 Å². The molecule has 0 saturated heterocycles. The standard InChI is InChI=1S/C13H12O3.C3H6.H2O.W/c14-9-10-1-3-11(4-2-10)12-5-7-13(16-15)8-6-12;1-3-2;;/h1-8,14-15H,9H2;3H,1H2,2H3;1H2;. The Balaban J connectivity index is 0. The second-order valence-electron chi connectivity index (χ2n) is 3.88. The topological polar surface area (TPSA) is 81.2 Å². The number of allylic oxidation sites excluding steroid dienone is 1. The molecule has 0 aliphatic carbocycles. The third-order valence-electron chi connectivity index (χ3n) is 2.43. The number of aliphatic hydroxyl groups is 1. The maximum atomic E-state index is 8.92. The predicted molar refractivity (Wildman–Crippen MR) is 80.5 cm³/mol. The summed E-state index contributed by atoms with van der Waals surface area (Å²) in [5.74, 6) is 0.413. The van der Waals surface area contributed by atoms with Crippen LogP contribution in [0.25, 0.3) is 11.1 Å². The molecule has 0 aliphatic rings. The number of rotatable bonds is 3. The fraction of sp³-hybridized carbons (Fsp3) is 0.125. The maximum absolute atomic E-state index is 8.92. The largest absolute Gasteiger partial charge is 0.412 e. The zero-order valence-corrected chi connectivity index (χ0v) is 14.8. The third kappa shape index (κ3) is 7.21. The Morgan fingerprint density at radius 1 is 1.00 bits per heavy atom. The molecule has 21 heavy (non-hydrogen) atoms. The fourth-order valence-corrected chi connectivity index (χ4v) is 1.51. The minimum Gasteiger partial charge on any atom is -0.412 e. The van der Waals surface area contributed by atoms with Crippen LogP contribution in [0.2, 0.25) is 0 Å². The first-order valence-electron chi connectivity index (χ1n) is 5.93. The van der Waals surface area contributed by atoms with Gasteiger partial charge in [-0.25, -0.2) is 5.26 Å². The van der Waals surface area contributed by atoms with Crippen LogP contribution in [0.3, 0.4) is 0 Å². The molecule has 4 N–H and O–H groups in total. The third-order valence-corrected chi connectivity index (χ3v) is 2.43. The first-order chi connectivity index (χ1) is 9.24. The molecule has 0 amide bonds. The summed E-state index contributed by atoms with van der Waals surface area (Å²) in [5.41, 5.74) is 2.98. The van der Waals surface area contributed by atoms with Gasteiger partial charge in [0.1, 0.15) is 0 Å². The Bertz CT molecular complexity index is 449. The van der Waals surface area contributed by atoms with Crippen molar-refractivity contribution in [1.29, 1.82) is 0 Å². The SMILES string of the molecule is C=CC.O.OCc1ccc(-c2ccc(OO)cc2)cc1.[W]. The fourth-order valence-electron chi connectivity index (χ4n) is 1.51. The summed E-state index contributed by atoms with van der Waals surface area (Å²) in [4.78, 5) is 4.11. The van der Waals surface area contributed by atoms with Crippen molar-refractivity contribution < 1.29 is 41.8 Å². The molecule has 4 nitrogen and oxygen atoms in total. The Labute approximate surface area is 139 Å². The summed E-state index contributed by atoms with van der Waals surface area (Å²) in [6.45, 7) is 5.30. The zero-order valence-electron chi connectivity index (χ0n) is 11.8. The monoisotopic (exact) mass is 460 g/mol. The molecular formula is C16H20O4W. The van der Waals surface area contributed by atoms with Gasteiger partial charge in [-0.1, -0.05) is 42.5 Å². The molecule has 0 aliphatic heterocycles. The molecule has 5 heteroatoms. The number of benzene rings is 2. The molecule has 0 atom stereocenters. The van der Waals surface area contributed by atoms with E-state index in [0.717, 1.165) is 16.7 Å². The normalized spacial score (nSPS) is 8.33. The van der Waals surface area contributed by atoms with Crippen molar-refractivity contribution in [3.05, 3.63) is 66.7 Å². The van der Waals surface area contributed by atoms with Crippen molar-refractivity contribution in [1.82, 2.24) is 0 Å². The van der Waals surface area contributed by atoms with Gasteiger partial charge in [-0.3, -0.25) is 0 Å². The van der Waals surface area contributed by atoms with Crippen molar-refractivity contribution in [2.45, 2.75) is 13.5 Å². The van der Waals surface area contributed by atoms with Gasteiger partial charge in [-0.05, 0) is 35.7 Å². The van der Waals surface area contributed by atoms with Crippen molar-refractivity contribution in [2.24, 2.45) is 0 Å². The van der Waals surface area contributed by atoms with Crippen LogP contribution in [0, 0.1) is 0 Å². The minimum atomic E-state index is 0. The van der Waals surface area contributed by atoms with Gasteiger partial charge in [0.05, 0.1) is 6.61 Å². The van der Waals surface area contributed by atoms with E-state index in [-0.39, 0.29) is 33.1 Å². The van der Waals surface area contributed by atoms with E-state index < -0.39 is 0 Å². The van der Waals surface area contributed by atoms with Crippen molar-refractivity contribution in [2.75, 3.05) is 0 Å². The molecule has 0 heterocycles. The molecule has 2 rings (SSSR count). The van der Waals surface area contributed by atoms with Crippen LogP contribution in [-0.2, 0) is 27.7 Å². The quantitative estimate of drug-likeness (QED) is 0.420. The van der Waals surface area contributed by atoms with Crippen LogP contribution >= 0.6 is 0 Å². The first kappa shape index (κ1) is 21.8. The average Bonchev–Trinajstić information content (AvgIpc) is 2.48. The summed E-state index contributed by atoms with van der Waals surface area (Å²) < 4.78 is 0. The summed E-state index contributed by atoms with van der Waals surface area (Å²) >= 11 is 0. The molecule has 0 aromatic heterocycles. The van der Waals surface area contributed by atoms with E-state index in [9.17, 15) is 0 Å². The molecular weight excluding hydrogens is 440 g/mol. The van der Waals surface area contributed by atoms with E-state index in [1.807, 2.05) is 43.3 Å². The number of hydrogen-bond acceptors (Lipinski definition) is 3. The van der Waals surface area contributed by atoms with Gasteiger partial charge in [0, 0.05) is 21.1 Å². The van der Waals surface area contributed by atoms with Gasteiger partial charge < -0.3 is 15.5 Å². The van der Waals surface area contributed by atoms with E-state index in [2.05, 4.69) is 11.5 Å². The molecule has 0 unspecified atom stereocenters. The van der Waals surface area contributed by atoms with Gasteiger partial charge in [-0.2, -0.15) is 0 Å². The average molecular weight is 460 g/mol. The smallest absolute Gasteiger partial charge is 0.165 e. The molecule has 2 aromatic carbocycles. The van der Waals surface area contributed by atoms with E-state index >= 15 is 0 Å². The van der Waals surface area contributed by atoms with Crippen LogP contribution < -0.4 is 4.89 Å². The molecule has 0 radical (unpaired) electrons. The van der Waals surface area contributed by atoms with E-state index in [1.54, 1.807) is 18.2 Å². The number of hydrogen-bond donors (Lipinski definition) is 2.